The lowest BCUT2D eigenvalue weighted by atomic mass is 10.1. The lowest BCUT2D eigenvalue weighted by molar-refractivity contribution is 0.402. The lowest BCUT2D eigenvalue weighted by Gasteiger charge is -2.12. The Labute approximate surface area is 124 Å². The number of ether oxygens (including phenoxy) is 1. The van der Waals surface area contributed by atoms with Crippen molar-refractivity contribution in [3.8, 4) is 5.88 Å². The van der Waals surface area contributed by atoms with Crippen LogP contribution in [-0.2, 0) is 6.54 Å². The summed E-state index contributed by atoms with van der Waals surface area (Å²) in [7, 11) is 1.66. The number of nitrogens with zero attached hydrogens (tertiary/aromatic N) is 1. The Balaban J connectivity index is 1.97. The summed E-state index contributed by atoms with van der Waals surface area (Å²) in [4.78, 5) is 4.43. The maximum absolute atomic E-state index is 5.39. The largest absolute Gasteiger partial charge is 0.481 e. The fraction of sp³-hybridized carbons (Fsp3) is 0.167. The van der Waals surface area contributed by atoms with Crippen molar-refractivity contribution in [3.05, 3.63) is 65.9 Å². The molecule has 0 saturated heterocycles. The molecule has 0 bridgehead atoms. The molecular formula is C18H18N2O. The third kappa shape index (κ3) is 2.82. The van der Waals surface area contributed by atoms with Crippen molar-refractivity contribution in [3.63, 3.8) is 0 Å². The lowest BCUT2D eigenvalue weighted by Crippen LogP contribution is -2.00. The molecule has 1 heterocycles. The molecule has 21 heavy (non-hydrogen) atoms. The minimum Gasteiger partial charge on any atom is -0.481 e. The number of aromatic nitrogens is 1. The van der Waals surface area contributed by atoms with E-state index >= 15 is 0 Å². The van der Waals surface area contributed by atoms with Gasteiger partial charge in [-0.05, 0) is 30.7 Å². The highest BCUT2D eigenvalue weighted by atomic mass is 16.5. The minimum atomic E-state index is 0.674. The van der Waals surface area contributed by atoms with Crippen molar-refractivity contribution >= 4 is 16.5 Å². The molecule has 2 aromatic carbocycles. The molecule has 0 aliphatic carbocycles. The Bertz CT molecular complexity index is 754. The molecule has 0 unspecified atom stereocenters. The van der Waals surface area contributed by atoms with E-state index in [0.717, 1.165) is 28.7 Å². The molecule has 1 aromatic heterocycles. The number of anilines is 1. The first-order valence-electron chi connectivity index (χ1n) is 7.00. The van der Waals surface area contributed by atoms with Crippen LogP contribution in [0.3, 0.4) is 0 Å². The summed E-state index contributed by atoms with van der Waals surface area (Å²) in [6.07, 6.45) is 0. The van der Waals surface area contributed by atoms with Crippen LogP contribution in [-0.4, -0.2) is 12.1 Å². The number of benzene rings is 2. The fourth-order valence-electron chi connectivity index (χ4n) is 2.47. The molecule has 0 aliphatic rings. The van der Waals surface area contributed by atoms with Gasteiger partial charge in [-0.1, -0.05) is 36.4 Å². The van der Waals surface area contributed by atoms with Crippen LogP contribution in [0.25, 0.3) is 10.8 Å². The number of hydrogen-bond donors (Lipinski definition) is 1. The van der Waals surface area contributed by atoms with Gasteiger partial charge in [0, 0.05) is 28.7 Å². The number of nitrogens with one attached hydrogen (secondary N) is 1. The van der Waals surface area contributed by atoms with Crippen molar-refractivity contribution in [1.82, 2.24) is 4.98 Å². The van der Waals surface area contributed by atoms with Crippen LogP contribution in [0.4, 0.5) is 5.69 Å². The first-order chi connectivity index (χ1) is 10.3. The molecule has 0 amide bonds. The van der Waals surface area contributed by atoms with Crippen molar-refractivity contribution in [2.45, 2.75) is 13.5 Å². The van der Waals surface area contributed by atoms with E-state index in [-0.39, 0.29) is 0 Å². The maximum Gasteiger partial charge on any atom is 0.221 e. The smallest absolute Gasteiger partial charge is 0.221 e. The Hall–Kier alpha value is -2.55. The summed E-state index contributed by atoms with van der Waals surface area (Å²) in [6, 6.07) is 18.6. The van der Waals surface area contributed by atoms with Crippen LogP contribution in [0.1, 0.15) is 11.3 Å². The molecule has 3 heteroatoms. The van der Waals surface area contributed by atoms with E-state index in [1.807, 2.05) is 25.1 Å². The second kappa shape index (κ2) is 5.83. The van der Waals surface area contributed by atoms with Crippen LogP contribution in [0, 0.1) is 6.92 Å². The third-order valence-corrected chi connectivity index (χ3v) is 3.49. The molecular weight excluding hydrogens is 260 g/mol. The Morgan fingerprint density at radius 2 is 1.81 bits per heavy atom. The van der Waals surface area contributed by atoms with E-state index in [2.05, 4.69) is 46.7 Å². The van der Waals surface area contributed by atoms with Crippen molar-refractivity contribution in [1.29, 1.82) is 0 Å². The molecule has 0 aliphatic heterocycles. The van der Waals surface area contributed by atoms with Crippen LogP contribution < -0.4 is 10.1 Å². The average Bonchev–Trinajstić information content (AvgIpc) is 2.53. The number of pyridine rings is 1. The molecule has 0 atom stereocenters. The van der Waals surface area contributed by atoms with Gasteiger partial charge in [-0.25, -0.2) is 4.98 Å². The van der Waals surface area contributed by atoms with Gasteiger partial charge in [-0.15, -0.1) is 0 Å². The van der Waals surface area contributed by atoms with Crippen LogP contribution in [0.5, 0.6) is 5.88 Å². The number of methoxy groups -OCH3 is 1. The van der Waals surface area contributed by atoms with Crippen molar-refractivity contribution in [2.24, 2.45) is 0 Å². The topological polar surface area (TPSA) is 34.1 Å². The Kier molecular flexibility index (Phi) is 3.73. The standard InChI is InChI=1S/C18H18N2O/c1-13-11-16-15(18(20-13)21-2)9-6-10-17(16)19-12-14-7-4-3-5-8-14/h3-11,19H,12H2,1-2H3. The zero-order chi connectivity index (χ0) is 14.7. The second-order valence-corrected chi connectivity index (χ2v) is 5.01. The van der Waals surface area contributed by atoms with Crippen LogP contribution >= 0.6 is 0 Å². The molecule has 0 fully saturated rings. The summed E-state index contributed by atoms with van der Waals surface area (Å²) in [5.74, 6) is 0.674. The van der Waals surface area contributed by atoms with E-state index in [1.54, 1.807) is 7.11 Å². The highest BCUT2D eigenvalue weighted by molar-refractivity contribution is 5.97. The molecule has 3 aromatic rings. The van der Waals surface area contributed by atoms with Crippen molar-refractivity contribution in [2.75, 3.05) is 12.4 Å². The first kappa shape index (κ1) is 13.4. The maximum atomic E-state index is 5.39. The average molecular weight is 278 g/mol. The van der Waals surface area contributed by atoms with E-state index < -0.39 is 0 Å². The fourth-order valence-corrected chi connectivity index (χ4v) is 2.47. The highest BCUT2D eigenvalue weighted by Crippen LogP contribution is 2.30. The van der Waals surface area contributed by atoms with Gasteiger partial charge in [0.2, 0.25) is 5.88 Å². The van der Waals surface area contributed by atoms with Gasteiger partial charge < -0.3 is 10.1 Å². The SMILES string of the molecule is COc1nc(C)cc2c(NCc3ccccc3)cccc12. The minimum absolute atomic E-state index is 0.674. The quantitative estimate of drug-likeness (QED) is 0.778. The second-order valence-electron chi connectivity index (χ2n) is 5.01. The Morgan fingerprint density at radius 3 is 2.57 bits per heavy atom. The van der Waals surface area contributed by atoms with Gasteiger partial charge in [-0.2, -0.15) is 0 Å². The number of aryl methyl sites for hydroxylation is 1. The summed E-state index contributed by atoms with van der Waals surface area (Å²) in [5.41, 5.74) is 3.31. The first-order valence-corrected chi connectivity index (χ1v) is 7.00. The highest BCUT2D eigenvalue weighted by Gasteiger charge is 2.08. The van der Waals surface area contributed by atoms with E-state index in [0.29, 0.717) is 5.88 Å². The van der Waals surface area contributed by atoms with Gasteiger partial charge in [-0.3, -0.25) is 0 Å². The number of rotatable bonds is 4. The summed E-state index contributed by atoms with van der Waals surface area (Å²) in [6.45, 7) is 2.78. The van der Waals surface area contributed by atoms with Gasteiger partial charge in [0.25, 0.3) is 0 Å². The third-order valence-electron chi connectivity index (χ3n) is 3.49. The van der Waals surface area contributed by atoms with Crippen molar-refractivity contribution < 1.29 is 4.74 Å². The normalized spacial score (nSPS) is 10.6. The van der Waals surface area contributed by atoms with Gasteiger partial charge >= 0.3 is 0 Å². The zero-order valence-corrected chi connectivity index (χ0v) is 12.3. The van der Waals surface area contributed by atoms with E-state index in [4.69, 9.17) is 4.74 Å². The summed E-state index contributed by atoms with van der Waals surface area (Å²) < 4.78 is 5.39. The number of fused-ring (bicyclic) bond motifs is 1. The summed E-state index contributed by atoms with van der Waals surface area (Å²) in [5, 5.41) is 5.66. The number of hydrogen-bond acceptors (Lipinski definition) is 3. The van der Waals surface area contributed by atoms with E-state index in [1.165, 1.54) is 5.56 Å². The van der Waals surface area contributed by atoms with Crippen LogP contribution in [0.15, 0.2) is 54.6 Å². The summed E-state index contributed by atoms with van der Waals surface area (Å²) >= 11 is 0. The van der Waals surface area contributed by atoms with Crippen LogP contribution in [0.2, 0.25) is 0 Å². The molecule has 3 nitrogen and oxygen atoms in total. The molecule has 106 valence electrons. The predicted octanol–water partition coefficient (Wildman–Crippen LogP) is 4.16. The molecule has 1 N–H and O–H groups in total. The van der Waals surface area contributed by atoms with Gasteiger partial charge in [0.15, 0.2) is 0 Å². The molecule has 3 rings (SSSR count). The molecule has 0 spiro atoms. The monoisotopic (exact) mass is 278 g/mol. The van der Waals surface area contributed by atoms with Gasteiger partial charge in [0.05, 0.1) is 7.11 Å². The van der Waals surface area contributed by atoms with Gasteiger partial charge in [0.1, 0.15) is 0 Å². The zero-order valence-electron chi connectivity index (χ0n) is 12.3. The van der Waals surface area contributed by atoms with E-state index in [9.17, 15) is 0 Å². The Morgan fingerprint density at radius 1 is 1.00 bits per heavy atom. The molecule has 0 saturated carbocycles. The molecule has 0 radical (unpaired) electrons. The predicted molar refractivity (Wildman–Crippen MR) is 86.8 cm³/mol.